The number of carboxylic acid groups (broad SMARTS) is 1. The number of amides is 2. The number of anilines is 2. The number of fused-ring (bicyclic) bond motifs is 1. The predicted molar refractivity (Wildman–Crippen MR) is 110 cm³/mol. The second-order valence-electron chi connectivity index (χ2n) is 7.03. The van der Waals surface area contributed by atoms with Crippen LogP contribution >= 0.6 is 11.3 Å². The van der Waals surface area contributed by atoms with E-state index in [-0.39, 0.29) is 31.1 Å². The highest BCUT2D eigenvalue weighted by Gasteiger charge is 2.26. The molecular formula is C21H24N2O4S. The number of carbonyl (C=O) groups excluding carboxylic acids is 2. The first-order valence-electron chi connectivity index (χ1n) is 9.48. The molecule has 0 bridgehead atoms. The Morgan fingerprint density at radius 2 is 1.89 bits per heavy atom. The van der Waals surface area contributed by atoms with E-state index < -0.39 is 5.97 Å². The second-order valence-corrected chi connectivity index (χ2v) is 8.14. The summed E-state index contributed by atoms with van der Waals surface area (Å²) >= 11 is 1.46. The van der Waals surface area contributed by atoms with Crippen molar-refractivity contribution < 1.29 is 19.5 Å². The average Bonchev–Trinajstić information content (AvgIpc) is 2.99. The summed E-state index contributed by atoms with van der Waals surface area (Å²) in [4.78, 5) is 37.1. The molecule has 0 unspecified atom stereocenters. The van der Waals surface area contributed by atoms with E-state index in [1.54, 1.807) is 0 Å². The quantitative estimate of drug-likeness (QED) is 0.643. The predicted octanol–water partition coefficient (Wildman–Crippen LogP) is 4.38. The molecule has 1 aromatic heterocycles. The van der Waals surface area contributed by atoms with Crippen LogP contribution in [0.4, 0.5) is 10.7 Å². The smallest absolute Gasteiger partial charge is 0.303 e. The second kappa shape index (κ2) is 9.01. The zero-order valence-electron chi connectivity index (χ0n) is 15.8. The SMILES string of the molecule is Cc1cccc(NC(=O)c2c(NC(=O)CCCC(=O)O)sc3c2CCCC3)c1. The normalized spacial score (nSPS) is 12.9. The molecule has 0 saturated carbocycles. The molecule has 3 rings (SSSR count). The third-order valence-corrected chi connectivity index (χ3v) is 5.93. The molecule has 148 valence electrons. The van der Waals surface area contributed by atoms with E-state index in [2.05, 4.69) is 10.6 Å². The standard InChI is InChI=1S/C21H24N2O4S/c1-13-6-4-7-14(12-13)22-20(27)19-15-8-2-3-9-16(15)28-21(19)23-17(24)10-5-11-18(25)26/h4,6-7,12H,2-3,5,8-11H2,1H3,(H,22,27)(H,23,24)(H,25,26). The summed E-state index contributed by atoms with van der Waals surface area (Å²) in [5.41, 5.74) is 3.35. The zero-order valence-corrected chi connectivity index (χ0v) is 16.7. The fraction of sp³-hybridized carbons (Fsp3) is 0.381. The molecule has 28 heavy (non-hydrogen) atoms. The minimum Gasteiger partial charge on any atom is -0.481 e. The van der Waals surface area contributed by atoms with E-state index in [0.717, 1.165) is 47.4 Å². The number of aliphatic carboxylic acids is 1. The van der Waals surface area contributed by atoms with Crippen molar-refractivity contribution in [3.05, 3.63) is 45.8 Å². The molecule has 2 aromatic rings. The van der Waals surface area contributed by atoms with E-state index in [9.17, 15) is 14.4 Å². The Balaban J connectivity index is 1.80. The van der Waals surface area contributed by atoms with Crippen molar-refractivity contribution in [2.24, 2.45) is 0 Å². The maximum atomic E-state index is 13.0. The summed E-state index contributed by atoms with van der Waals surface area (Å²) in [5, 5.41) is 15.1. The average molecular weight is 401 g/mol. The molecular weight excluding hydrogens is 376 g/mol. The number of benzene rings is 1. The Bertz CT molecular complexity index is 904. The molecule has 2 amide bonds. The van der Waals surface area contributed by atoms with Gasteiger partial charge in [-0.05, 0) is 62.3 Å². The Hall–Kier alpha value is -2.67. The molecule has 7 heteroatoms. The molecule has 1 aliphatic rings. The highest BCUT2D eigenvalue weighted by Crippen LogP contribution is 2.38. The van der Waals surface area contributed by atoms with Crippen molar-refractivity contribution in [3.8, 4) is 0 Å². The molecule has 0 spiro atoms. The number of carboxylic acids is 1. The maximum Gasteiger partial charge on any atom is 0.303 e. The van der Waals surface area contributed by atoms with Gasteiger partial charge in [0.2, 0.25) is 5.91 Å². The fourth-order valence-electron chi connectivity index (χ4n) is 3.40. The number of rotatable bonds is 7. The minimum absolute atomic E-state index is 0.0466. The monoisotopic (exact) mass is 400 g/mol. The summed E-state index contributed by atoms with van der Waals surface area (Å²) in [6.07, 6.45) is 4.20. The Morgan fingerprint density at radius 1 is 1.11 bits per heavy atom. The lowest BCUT2D eigenvalue weighted by atomic mass is 9.95. The van der Waals surface area contributed by atoms with Crippen LogP contribution in [0.5, 0.6) is 0 Å². The molecule has 1 aliphatic carbocycles. The Labute approximate surface area is 168 Å². The van der Waals surface area contributed by atoms with E-state index in [0.29, 0.717) is 10.6 Å². The number of thiophene rings is 1. The van der Waals surface area contributed by atoms with Gasteiger partial charge >= 0.3 is 5.97 Å². The van der Waals surface area contributed by atoms with Gasteiger partial charge in [-0.2, -0.15) is 0 Å². The van der Waals surface area contributed by atoms with Gasteiger partial charge in [-0.15, -0.1) is 11.3 Å². The van der Waals surface area contributed by atoms with Gasteiger partial charge in [0.25, 0.3) is 5.91 Å². The number of hydrogen-bond donors (Lipinski definition) is 3. The van der Waals surface area contributed by atoms with Crippen LogP contribution in [0.2, 0.25) is 0 Å². The van der Waals surface area contributed by atoms with E-state index in [4.69, 9.17) is 5.11 Å². The van der Waals surface area contributed by atoms with Crippen LogP contribution in [0.15, 0.2) is 24.3 Å². The minimum atomic E-state index is -0.919. The van der Waals surface area contributed by atoms with Crippen molar-refractivity contribution in [1.29, 1.82) is 0 Å². The summed E-state index contributed by atoms with van der Waals surface area (Å²) in [6.45, 7) is 1.96. The van der Waals surface area contributed by atoms with Crippen LogP contribution in [-0.2, 0) is 22.4 Å². The molecule has 0 atom stereocenters. The molecule has 3 N–H and O–H groups in total. The zero-order chi connectivity index (χ0) is 20.1. The summed E-state index contributed by atoms with van der Waals surface area (Å²) < 4.78 is 0. The van der Waals surface area contributed by atoms with Gasteiger partial charge in [-0.1, -0.05) is 12.1 Å². The molecule has 0 radical (unpaired) electrons. The largest absolute Gasteiger partial charge is 0.481 e. The fourth-order valence-corrected chi connectivity index (χ4v) is 4.70. The van der Waals surface area contributed by atoms with Gasteiger partial charge in [0.15, 0.2) is 0 Å². The lowest BCUT2D eigenvalue weighted by Crippen LogP contribution is -2.18. The van der Waals surface area contributed by atoms with Crippen molar-refractivity contribution >= 4 is 39.8 Å². The summed E-state index contributed by atoms with van der Waals surface area (Å²) in [6, 6.07) is 7.60. The van der Waals surface area contributed by atoms with Crippen LogP contribution in [0.3, 0.4) is 0 Å². The van der Waals surface area contributed by atoms with Gasteiger partial charge < -0.3 is 15.7 Å². The van der Waals surface area contributed by atoms with Crippen LogP contribution in [0.1, 0.15) is 58.5 Å². The molecule has 1 aromatic carbocycles. The van der Waals surface area contributed by atoms with Gasteiger partial charge in [-0.3, -0.25) is 14.4 Å². The molecule has 0 fully saturated rings. The Morgan fingerprint density at radius 3 is 2.64 bits per heavy atom. The lowest BCUT2D eigenvalue weighted by molar-refractivity contribution is -0.137. The number of hydrogen-bond acceptors (Lipinski definition) is 4. The number of carbonyl (C=O) groups is 3. The van der Waals surface area contributed by atoms with Crippen molar-refractivity contribution in [1.82, 2.24) is 0 Å². The number of aryl methyl sites for hydroxylation is 2. The van der Waals surface area contributed by atoms with Gasteiger partial charge in [0.05, 0.1) is 5.56 Å². The highest BCUT2D eigenvalue weighted by atomic mass is 32.1. The first kappa shape index (κ1) is 20.1. The van der Waals surface area contributed by atoms with E-state index in [1.165, 1.54) is 11.3 Å². The molecule has 1 heterocycles. The van der Waals surface area contributed by atoms with Crippen molar-refractivity contribution in [2.75, 3.05) is 10.6 Å². The highest BCUT2D eigenvalue weighted by molar-refractivity contribution is 7.17. The van der Waals surface area contributed by atoms with Crippen LogP contribution in [0.25, 0.3) is 0 Å². The van der Waals surface area contributed by atoms with Gasteiger partial charge in [0, 0.05) is 23.4 Å². The molecule has 6 nitrogen and oxygen atoms in total. The van der Waals surface area contributed by atoms with Gasteiger partial charge in [0.1, 0.15) is 5.00 Å². The van der Waals surface area contributed by atoms with Crippen LogP contribution in [-0.4, -0.2) is 22.9 Å². The lowest BCUT2D eigenvalue weighted by Gasteiger charge is -2.13. The third-order valence-electron chi connectivity index (χ3n) is 4.72. The van der Waals surface area contributed by atoms with Crippen LogP contribution < -0.4 is 10.6 Å². The summed E-state index contributed by atoms with van der Waals surface area (Å²) in [5.74, 6) is -1.40. The Kier molecular flexibility index (Phi) is 6.46. The first-order chi connectivity index (χ1) is 13.4. The first-order valence-corrected chi connectivity index (χ1v) is 10.3. The van der Waals surface area contributed by atoms with Crippen molar-refractivity contribution in [2.45, 2.75) is 51.9 Å². The van der Waals surface area contributed by atoms with E-state index >= 15 is 0 Å². The molecule has 0 aliphatic heterocycles. The number of nitrogens with one attached hydrogen (secondary N) is 2. The van der Waals surface area contributed by atoms with Gasteiger partial charge in [-0.25, -0.2) is 0 Å². The topological polar surface area (TPSA) is 95.5 Å². The summed E-state index contributed by atoms with van der Waals surface area (Å²) in [7, 11) is 0. The third kappa shape index (κ3) is 4.98. The van der Waals surface area contributed by atoms with E-state index in [1.807, 2.05) is 31.2 Å². The molecule has 0 saturated heterocycles. The maximum absolute atomic E-state index is 13.0. The van der Waals surface area contributed by atoms with Crippen molar-refractivity contribution in [3.63, 3.8) is 0 Å². The van der Waals surface area contributed by atoms with Crippen LogP contribution in [0, 0.1) is 6.92 Å².